The van der Waals surface area contributed by atoms with Gasteiger partial charge in [-0.1, -0.05) is 13.8 Å². The van der Waals surface area contributed by atoms with Crippen molar-refractivity contribution in [2.75, 3.05) is 19.0 Å². The van der Waals surface area contributed by atoms with Gasteiger partial charge in [-0.15, -0.1) is 11.3 Å². The molecule has 8 heteroatoms. The highest BCUT2D eigenvalue weighted by Gasteiger charge is 2.63. The summed E-state index contributed by atoms with van der Waals surface area (Å²) in [5.41, 5.74) is 6.06. The van der Waals surface area contributed by atoms with Gasteiger partial charge in [-0.25, -0.2) is 9.37 Å². The van der Waals surface area contributed by atoms with Crippen LogP contribution in [0.3, 0.4) is 0 Å². The first-order chi connectivity index (χ1) is 12.7. The summed E-state index contributed by atoms with van der Waals surface area (Å²) in [5, 5.41) is 4.98. The first-order valence-corrected chi connectivity index (χ1v) is 9.62. The fourth-order valence-electron chi connectivity index (χ4n) is 3.32. The number of hydrogen-bond donors (Lipinski definition) is 2. The van der Waals surface area contributed by atoms with Gasteiger partial charge in [-0.05, 0) is 25.1 Å². The van der Waals surface area contributed by atoms with E-state index >= 15 is 0 Å². The number of anilines is 1. The summed E-state index contributed by atoms with van der Waals surface area (Å²) in [5.74, 6) is -0.582. The molecule has 1 fully saturated rings. The van der Waals surface area contributed by atoms with Crippen molar-refractivity contribution in [2.45, 2.75) is 38.8 Å². The molecule has 6 nitrogen and oxygen atoms in total. The monoisotopic (exact) mass is 393 g/mol. The predicted molar refractivity (Wildman–Crippen MR) is 103 cm³/mol. The van der Waals surface area contributed by atoms with Gasteiger partial charge in [-0.3, -0.25) is 4.79 Å². The van der Waals surface area contributed by atoms with Gasteiger partial charge in [0, 0.05) is 29.4 Å². The van der Waals surface area contributed by atoms with Gasteiger partial charge in [0.1, 0.15) is 5.54 Å². The molecule has 27 heavy (non-hydrogen) atoms. The lowest BCUT2D eigenvalue weighted by atomic mass is 9.54. The Morgan fingerprint density at radius 2 is 2.22 bits per heavy atom. The third-order valence-corrected chi connectivity index (χ3v) is 6.17. The molecule has 3 rings (SSSR count). The Bertz CT molecular complexity index is 854. The fraction of sp³-hybridized carbons (Fsp3) is 0.474. The van der Waals surface area contributed by atoms with E-state index in [1.54, 1.807) is 17.5 Å². The van der Waals surface area contributed by atoms with E-state index in [0.29, 0.717) is 29.4 Å². The van der Waals surface area contributed by atoms with Gasteiger partial charge in [0.05, 0.1) is 18.9 Å². The molecule has 0 radical (unpaired) electrons. The van der Waals surface area contributed by atoms with Crippen molar-refractivity contribution in [2.24, 2.45) is 11.1 Å². The number of carbonyl (C=O) groups excluding carboxylic acids is 1. The van der Waals surface area contributed by atoms with Gasteiger partial charge in [0.25, 0.3) is 0 Å². The van der Waals surface area contributed by atoms with E-state index in [0.717, 1.165) is 0 Å². The molecule has 1 aliphatic carbocycles. The number of thiazole rings is 1. The molecule has 3 N–H and O–H groups in total. The zero-order chi connectivity index (χ0) is 19.8. The number of nitrogens with two attached hydrogens (primary N) is 1. The summed E-state index contributed by atoms with van der Waals surface area (Å²) in [7, 11) is 1.41. The Balaban J connectivity index is 1.73. The molecule has 0 bridgehead atoms. The van der Waals surface area contributed by atoms with E-state index < -0.39 is 16.8 Å². The minimum Gasteiger partial charge on any atom is -0.494 e. The van der Waals surface area contributed by atoms with Crippen LogP contribution < -0.4 is 15.8 Å². The molecule has 1 aromatic heterocycles. The van der Waals surface area contributed by atoms with Gasteiger partial charge >= 0.3 is 0 Å². The molecule has 1 heterocycles. The van der Waals surface area contributed by atoms with Crippen molar-refractivity contribution >= 4 is 22.4 Å². The van der Waals surface area contributed by atoms with Gasteiger partial charge in [0.15, 0.2) is 16.7 Å². The zero-order valence-corrected chi connectivity index (χ0v) is 16.7. The summed E-state index contributed by atoms with van der Waals surface area (Å²) >= 11 is 1.27. The molecule has 0 aliphatic heterocycles. The maximum Gasteiger partial charge on any atom is 0.246 e. The van der Waals surface area contributed by atoms with Gasteiger partial charge in [0.2, 0.25) is 5.91 Å². The largest absolute Gasteiger partial charge is 0.494 e. The van der Waals surface area contributed by atoms with Crippen LogP contribution in [0.4, 0.5) is 9.52 Å². The zero-order valence-electron chi connectivity index (χ0n) is 15.8. The highest BCUT2D eigenvalue weighted by molar-refractivity contribution is 7.14. The first kappa shape index (κ1) is 19.7. The maximum absolute atomic E-state index is 13.9. The van der Waals surface area contributed by atoms with Crippen LogP contribution in [0.25, 0.3) is 11.3 Å². The van der Waals surface area contributed by atoms with Crippen LogP contribution in [-0.4, -0.2) is 36.3 Å². The number of hydrogen-bond acceptors (Lipinski definition) is 6. The number of rotatable bonds is 6. The van der Waals surface area contributed by atoms with E-state index in [9.17, 15) is 9.18 Å². The van der Waals surface area contributed by atoms with Crippen LogP contribution in [0.1, 0.15) is 27.2 Å². The molecule has 2 aromatic rings. The Labute approximate surface area is 161 Å². The quantitative estimate of drug-likeness (QED) is 0.785. The maximum atomic E-state index is 13.9. The molecule has 2 unspecified atom stereocenters. The van der Waals surface area contributed by atoms with Crippen molar-refractivity contribution in [3.05, 3.63) is 29.4 Å². The van der Waals surface area contributed by atoms with Crippen molar-refractivity contribution in [1.82, 2.24) is 4.98 Å². The van der Waals surface area contributed by atoms with Crippen molar-refractivity contribution < 1.29 is 18.7 Å². The molecule has 2 atom stereocenters. The number of methoxy groups -OCH3 is 1. The summed E-state index contributed by atoms with van der Waals surface area (Å²) in [6.45, 7) is 6.37. The molecular formula is C19H24FN3O3S. The second-order valence-electron chi connectivity index (χ2n) is 7.18. The van der Waals surface area contributed by atoms with E-state index in [1.807, 2.05) is 20.8 Å². The number of ether oxygens (including phenoxy) is 2. The number of amides is 1. The van der Waals surface area contributed by atoms with Gasteiger partial charge < -0.3 is 20.5 Å². The van der Waals surface area contributed by atoms with E-state index in [-0.39, 0.29) is 17.8 Å². The Hall–Kier alpha value is -2.03. The molecular weight excluding hydrogens is 369 g/mol. The second kappa shape index (κ2) is 7.18. The van der Waals surface area contributed by atoms with E-state index in [1.165, 1.54) is 24.5 Å². The normalized spacial score (nSPS) is 23.6. The second-order valence-corrected chi connectivity index (χ2v) is 8.04. The topological polar surface area (TPSA) is 86.5 Å². The lowest BCUT2D eigenvalue weighted by molar-refractivity contribution is -0.166. The SMILES string of the molecule is CCOC1CC(N)(C(=O)Nc2nc(-c3ccc(OC)c(F)c3)cs2)C1(C)C. The minimum atomic E-state index is -1.02. The van der Waals surface area contributed by atoms with E-state index in [4.69, 9.17) is 15.2 Å². The molecule has 1 aliphatic rings. The van der Waals surface area contributed by atoms with Crippen LogP contribution in [0.5, 0.6) is 5.75 Å². The molecule has 0 saturated heterocycles. The number of halogens is 1. The third kappa shape index (κ3) is 3.33. The fourth-order valence-corrected chi connectivity index (χ4v) is 4.03. The highest BCUT2D eigenvalue weighted by atomic mass is 32.1. The molecule has 0 spiro atoms. The van der Waals surface area contributed by atoms with Crippen LogP contribution >= 0.6 is 11.3 Å². The number of carbonyl (C=O) groups is 1. The standard InChI is InChI=1S/C19H24FN3O3S/c1-5-26-15-9-19(21,18(15,2)3)16(24)23-17-22-13(10-27-17)11-6-7-14(25-4)12(20)8-11/h6-8,10,15H,5,9,21H2,1-4H3,(H,22,23,24). The van der Waals surface area contributed by atoms with Crippen molar-refractivity contribution in [1.29, 1.82) is 0 Å². The molecule has 1 aromatic carbocycles. The van der Waals surface area contributed by atoms with Crippen LogP contribution in [0, 0.1) is 11.2 Å². The first-order valence-electron chi connectivity index (χ1n) is 8.74. The summed E-state index contributed by atoms with van der Waals surface area (Å²) in [4.78, 5) is 17.1. The number of aromatic nitrogens is 1. The third-order valence-electron chi connectivity index (χ3n) is 5.41. The Morgan fingerprint density at radius 3 is 2.81 bits per heavy atom. The average Bonchev–Trinajstić information content (AvgIpc) is 3.09. The number of benzene rings is 1. The van der Waals surface area contributed by atoms with Crippen LogP contribution in [-0.2, 0) is 9.53 Å². The minimum absolute atomic E-state index is 0.0487. The van der Waals surface area contributed by atoms with Crippen molar-refractivity contribution in [3.63, 3.8) is 0 Å². The van der Waals surface area contributed by atoms with Crippen LogP contribution in [0.15, 0.2) is 23.6 Å². The van der Waals surface area contributed by atoms with E-state index in [2.05, 4.69) is 10.3 Å². The lowest BCUT2D eigenvalue weighted by Gasteiger charge is -2.57. The molecule has 146 valence electrons. The average molecular weight is 393 g/mol. The number of nitrogens with zero attached hydrogens (tertiary/aromatic N) is 1. The summed E-state index contributed by atoms with van der Waals surface area (Å²) in [6, 6.07) is 4.61. The Morgan fingerprint density at radius 1 is 1.48 bits per heavy atom. The summed E-state index contributed by atoms with van der Waals surface area (Å²) in [6.07, 6.45) is 0.411. The molecule has 1 amide bonds. The van der Waals surface area contributed by atoms with Crippen LogP contribution in [0.2, 0.25) is 0 Å². The Kier molecular flexibility index (Phi) is 5.24. The smallest absolute Gasteiger partial charge is 0.246 e. The number of nitrogens with one attached hydrogen (secondary N) is 1. The lowest BCUT2D eigenvalue weighted by Crippen LogP contribution is -2.74. The molecule has 1 saturated carbocycles. The van der Waals surface area contributed by atoms with Gasteiger partial charge in [-0.2, -0.15) is 0 Å². The summed E-state index contributed by atoms with van der Waals surface area (Å²) < 4.78 is 24.5. The predicted octanol–water partition coefficient (Wildman–Crippen LogP) is 3.43. The highest BCUT2D eigenvalue weighted by Crippen LogP contribution is 2.50. The van der Waals surface area contributed by atoms with Crippen molar-refractivity contribution in [3.8, 4) is 17.0 Å².